The Bertz CT molecular complexity index is 626. The molecule has 0 bridgehead atoms. The topological polar surface area (TPSA) is 67.1 Å². The Kier molecular flexibility index (Phi) is 3.90. The first-order valence-electron chi connectivity index (χ1n) is 7.46. The number of nitrogen functional groups attached to an aromatic ring is 1. The normalized spacial score (nSPS) is 14.4. The summed E-state index contributed by atoms with van der Waals surface area (Å²) in [4.78, 5) is 10.9. The Hall–Kier alpha value is -2.30. The highest BCUT2D eigenvalue weighted by molar-refractivity contribution is 5.53. The van der Waals surface area contributed by atoms with Crippen molar-refractivity contribution in [2.45, 2.75) is 26.3 Å². The minimum absolute atomic E-state index is 0.320. The molecule has 21 heavy (non-hydrogen) atoms. The number of aromatic nitrogens is 2. The number of hydrogen-bond donors (Lipinski definition) is 2. The van der Waals surface area contributed by atoms with Gasteiger partial charge in [0.15, 0.2) is 0 Å². The van der Waals surface area contributed by atoms with E-state index in [9.17, 15) is 0 Å². The number of fused-ring (bicyclic) bond motifs is 1. The number of benzene rings is 1. The van der Waals surface area contributed by atoms with Gasteiger partial charge in [0.2, 0.25) is 5.95 Å². The van der Waals surface area contributed by atoms with E-state index in [-0.39, 0.29) is 0 Å². The first kappa shape index (κ1) is 13.7. The van der Waals surface area contributed by atoms with E-state index in [1.54, 1.807) is 0 Å². The van der Waals surface area contributed by atoms with Crippen molar-refractivity contribution in [3.63, 3.8) is 0 Å². The van der Waals surface area contributed by atoms with Gasteiger partial charge in [0.05, 0.1) is 0 Å². The van der Waals surface area contributed by atoms with Crippen molar-refractivity contribution in [2.24, 2.45) is 0 Å². The Labute approximate surface area is 125 Å². The molecule has 3 N–H and O–H groups in total. The fourth-order valence-electron chi connectivity index (χ4n) is 2.78. The predicted molar refractivity (Wildman–Crippen MR) is 86.4 cm³/mol. The highest BCUT2D eigenvalue weighted by atomic mass is 15.2. The van der Waals surface area contributed by atoms with E-state index >= 15 is 0 Å². The third-order valence-electron chi connectivity index (χ3n) is 3.77. The molecule has 0 radical (unpaired) electrons. The average molecular weight is 283 g/mol. The third-order valence-corrected chi connectivity index (χ3v) is 3.77. The third kappa shape index (κ3) is 3.07. The summed E-state index contributed by atoms with van der Waals surface area (Å²) in [7, 11) is 0. The zero-order chi connectivity index (χ0) is 14.7. The molecule has 0 unspecified atom stereocenters. The van der Waals surface area contributed by atoms with Crippen LogP contribution in [0.15, 0.2) is 30.3 Å². The van der Waals surface area contributed by atoms with Crippen LogP contribution in [0, 0.1) is 0 Å². The van der Waals surface area contributed by atoms with E-state index in [0.29, 0.717) is 5.95 Å². The van der Waals surface area contributed by atoms with Gasteiger partial charge in [-0.1, -0.05) is 24.3 Å². The number of nitrogens with two attached hydrogens (primary N) is 1. The molecule has 1 aliphatic rings. The van der Waals surface area contributed by atoms with Crippen molar-refractivity contribution in [1.29, 1.82) is 0 Å². The van der Waals surface area contributed by atoms with Gasteiger partial charge in [-0.15, -0.1) is 0 Å². The van der Waals surface area contributed by atoms with E-state index in [4.69, 9.17) is 5.73 Å². The minimum atomic E-state index is 0.320. The Morgan fingerprint density at radius 3 is 2.86 bits per heavy atom. The SMILES string of the molecule is CCNc1cc(N2CCCc3ccccc3C2)nc(N)n1. The summed E-state index contributed by atoms with van der Waals surface area (Å²) in [5.74, 6) is 2.01. The fraction of sp³-hybridized carbons (Fsp3) is 0.375. The molecule has 1 aliphatic heterocycles. The van der Waals surface area contributed by atoms with Gasteiger partial charge in [-0.3, -0.25) is 0 Å². The average Bonchev–Trinajstić information content (AvgIpc) is 2.69. The lowest BCUT2D eigenvalue weighted by Gasteiger charge is -2.22. The number of aryl methyl sites for hydroxylation is 1. The summed E-state index contributed by atoms with van der Waals surface area (Å²) < 4.78 is 0. The molecule has 5 heteroatoms. The van der Waals surface area contributed by atoms with Crippen molar-refractivity contribution in [1.82, 2.24) is 9.97 Å². The van der Waals surface area contributed by atoms with Gasteiger partial charge >= 0.3 is 0 Å². The highest BCUT2D eigenvalue weighted by Gasteiger charge is 2.16. The molecule has 2 aromatic rings. The van der Waals surface area contributed by atoms with E-state index in [1.807, 2.05) is 13.0 Å². The fourth-order valence-corrected chi connectivity index (χ4v) is 2.78. The summed E-state index contributed by atoms with van der Waals surface area (Å²) >= 11 is 0. The molecule has 110 valence electrons. The molecule has 3 rings (SSSR count). The van der Waals surface area contributed by atoms with Gasteiger partial charge in [-0.05, 0) is 30.9 Å². The standard InChI is InChI=1S/C16H21N5/c1-2-18-14-10-15(20-16(17)19-14)21-9-5-8-12-6-3-4-7-13(12)11-21/h3-4,6-7,10H,2,5,8-9,11H2,1H3,(H3,17,18,19,20). The van der Waals surface area contributed by atoms with E-state index in [1.165, 1.54) is 11.1 Å². The summed E-state index contributed by atoms with van der Waals surface area (Å²) in [5, 5.41) is 3.20. The molecule has 0 saturated heterocycles. The molecule has 0 fully saturated rings. The molecule has 1 aromatic heterocycles. The molecule has 0 atom stereocenters. The lowest BCUT2D eigenvalue weighted by atomic mass is 10.0. The maximum atomic E-state index is 5.84. The van der Waals surface area contributed by atoms with Crippen molar-refractivity contribution in [3.8, 4) is 0 Å². The number of nitrogens with zero attached hydrogens (tertiary/aromatic N) is 3. The summed E-state index contributed by atoms with van der Waals surface area (Å²) in [5.41, 5.74) is 8.65. The Morgan fingerprint density at radius 2 is 2.05 bits per heavy atom. The smallest absolute Gasteiger partial charge is 0.223 e. The van der Waals surface area contributed by atoms with Crippen molar-refractivity contribution in [2.75, 3.05) is 29.0 Å². The zero-order valence-electron chi connectivity index (χ0n) is 12.3. The van der Waals surface area contributed by atoms with Crippen molar-refractivity contribution < 1.29 is 0 Å². The first-order chi connectivity index (χ1) is 10.3. The van der Waals surface area contributed by atoms with E-state index in [2.05, 4.69) is 44.5 Å². The minimum Gasteiger partial charge on any atom is -0.370 e. The Balaban J connectivity index is 1.90. The number of rotatable bonds is 3. The van der Waals surface area contributed by atoms with Crippen LogP contribution in [0.1, 0.15) is 24.5 Å². The molecule has 0 spiro atoms. The van der Waals surface area contributed by atoms with Crippen molar-refractivity contribution >= 4 is 17.6 Å². The number of nitrogens with one attached hydrogen (secondary N) is 1. The molecule has 5 nitrogen and oxygen atoms in total. The van der Waals surface area contributed by atoms with Gasteiger partial charge < -0.3 is 16.0 Å². The second-order valence-electron chi connectivity index (χ2n) is 5.29. The molecule has 0 saturated carbocycles. The van der Waals surface area contributed by atoms with Crippen LogP contribution in [0.2, 0.25) is 0 Å². The van der Waals surface area contributed by atoms with Gasteiger partial charge in [0.1, 0.15) is 11.6 Å². The maximum Gasteiger partial charge on any atom is 0.223 e. The molecular weight excluding hydrogens is 262 g/mol. The van der Waals surface area contributed by atoms with Crippen LogP contribution in [0.5, 0.6) is 0 Å². The summed E-state index contributed by atoms with van der Waals surface area (Å²) in [6, 6.07) is 10.6. The second kappa shape index (κ2) is 5.99. The van der Waals surface area contributed by atoms with Gasteiger partial charge in [0, 0.05) is 25.7 Å². The van der Waals surface area contributed by atoms with Gasteiger partial charge in [0.25, 0.3) is 0 Å². The van der Waals surface area contributed by atoms with Gasteiger partial charge in [-0.25, -0.2) is 0 Å². The Morgan fingerprint density at radius 1 is 1.24 bits per heavy atom. The highest BCUT2D eigenvalue weighted by Crippen LogP contribution is 2.24. The maximum absolute atomic E-state index is 5.84. The lowest BCUT2D eigenvalue weighted by molar-refractivity contribution is 0.754. The zero-order valence-corrected chi connectivity index (χ0v) is 12.3. The second-order valence-corrected chi connectivity index (χ2v) is 5.29. The van der Waals surface area contributed by atoms with Crippen LogP contribution in [-0.2, 0) is 13.0 Å². The van der Waals surface area contributed by atoms with E-state index < -0.39 is 0 Å². The number of anilines is 3. The predicted octanol–water partition coefficient (Wildman–Crippen LogP) is 2.44. The van der Waals surface area contributed by atoms with Crippen molar-refractivity contribution in [3.05, 3.63) is 41.5 Å². The number of hydrogen-bond acceptors (Lipinski definition) is 5. The molecule has 0 amide bonds. The van der Waals surface area contributed by atoms with Crippen LogP contribution in [-0.4, -0.2) is 23.1 Å². The van der Waals surface area contributed by atoms with Crippen LogP contribution < -0.4 is 16.0 Å². The molecule has 2 heterocycles. The monoisotopic (exact) mass is 283 g/mol. The summed E-state index contributed by atoms with van der Waals surface area (Å²) in [6.45, 7) is 4.72. The quantitative estimate of drug-likeness (QED) is 0.905. The summed E-state index contributed by atoms with van der Waals surface area (Å²) in [6.07, 6.45) is 2.24. The lowest BCUT2D eigenvalue weighted by Crippen LogP contribution is -2.24. The molecule has 1 aromatic carbocycles. The largest absolute Gasteiger partial charge is 0.370 e. The van der Waals surface area contributed by atoms with Crippen LogP contribution in [0.4, 0.5) is 17.6 Å². The van der Waals surface area contributed by atoms with Crippen LogP contribution in [0.3, 0.4) is 0 Å². The van der Waals surface area contributed by atoms with Gasteiger partial charge in [-0.2, -0.15) is 9.97 Å². The first-order valence-corrected chi connectivity index (χ1v) is 7.46. The molecule has 0 aliphatic carbocycles. The van der Waals surface area contributed by atoms with Crippen LogP contribution >= 0.6 is 0 Å². The molecular formula is C16H21N5. The van der Waals surface area contributed by atoms with E-state index in [0.717, 1.165) is 44.1 Å². The van der Waals surface area contributed by atoms with Crippen LogP contribution in [0.25, 0.3) is 0 Å².